The second-order valence-corrected chi connectivity index (χ2v) is 28.8. The molecule has 0 saturated carbocycles. The Labute approximate surface area is 644 Å². The first-order chi connectivity index (χ1) is 52.3. The standard InChI is InChI=1S/C88H147NO18/c1-3-5-7-9-11-13-15-17-19-21-23-25-27-29-31-33-34-35-36-38-40-42-44-46-48-50-52-54-56-58-60-62-64-66-76(94)89-71(72(93)65-63-61-59-57-55-53-51-49-47-45-43-41-39-37-32-30-28-26-24-22-20-18-16-14-12-10-8-6-4-2)70-102-86-82(100)79(97)84(74(68-91)104-86)107-88-83(101)80(98)85(75(69-92)105-88)106-87-81(99)78(96)77(95)73(67-90)103-87/h5,7,11,13,17,19,23,25,29,31,34-35,38,40,44,46-47,49-50,52,55,57,63,65,71-75,77-88,90-93,95-101H,3-4,6,8-10,12,14-16,18,20-22,24,26-28,30,32-33,36-37,39,41-43,45,48,51,53-54,56,58-62,64,66-70H2,1-2H3,(H,89,94)/b7-5-,13-11-,19-17-,25-23-,31-29-,35-34-,40-38-,46-44-,49-47+,52-50-,57-55+,65-63+. The lowest BCUT2D eigenvalue weighted by Gasteiger charge is -2.48. The zero-order chi connectivity index (χ0) is 77.4. The van der Waals surface area contributed by atoms with Crippen LogP contribution in [0.25, 0.3) is 0 Å². The lowest BCUT2D eigenvalue weighted by Crippen LogP contribution is -2.66. The Kier molecular flexibility index (Phi) is 60.0. The van der Waals surface area contributed by atoms with Crippen molar-refractivity contribution in [3.8, 4) is 0 Å². The average Bonchev–Trinajstić information content (AvgIpc) is 0.782. The van der Waals surface area contributed by atoms with Crippen LogP contribution in [0.4, 0.5) is 0 Å². The molecule has 0 aromatic heterocycles. The molecule has 0 aromatic carbocycles. The highest BCUT2D eigenvalue weighted by atomic mass is 16.8. The van der Waals surface area contributed by atoms with Crippen LogP contribution >= 0.6 is 0 Å². The van der Waals surface area contributed by atoms with E-state index in [9.17, 15) is 61.0 Å². The quantitative estimate of drug-likeness (QED) is 0.0199. The van der Waals surface area contributed by atoms with Gasteiger partial charge in [-0.3, -0.25) is 4.79 Å². The zero-order valence-corrected chi connectivity index (χ0v) is 65.6. The van der Waals surface area contributed by atoms with Crippen molar-refractivity contribution in [2.75, 3.05) is 26.4 Å². The summed E-state index contributed by atoms with van der Waals surface area (Å²) < 4.78 is 34.4. The summed E-state index contributed by atoms with van der Waals surface area (Å²) in [5, 5.41) is 121. The molecule has 3 rings (SSSR count). The number of aliphatic hydroxyl groups is 11. The van der Waals surface area contributed by atoms with Crippen molar-refractivity contribution in [3.63, 3.8) is 0 Å². The first-order valence-corrected chi connectivity index (χ1v) is 41.6. The molecule has 3 heterocycles. The van der Waals surface area contributed by atoms with Gasteiger partial charge in [-0.1, -0.05) is 295 Å². The van der Waals surface area contributed by atoms with Crippen molar-refractivity contribution >= 4 is 5.91 Å². The van der Waals surface area contributed by atoms with Crippen LogP contribution in [-0.2, 0) is 33.2 Å². The molecule has 612 valence electrons. The number of hydrogen-bond donors (Lipinski definition) is 12. The topological polar surface area (TPSA) is 307 Å². The van der Waals surface area contributed by atoms with Crippen LogP contribution in [0.3, 0.4) is 0 Å². The maximum atomic E-state index is 13.5. The third kappa shape index (κ3) is 45.7. The Hall–Kier alpha value is -4.33. The second-order valence-electron chi connectivity index (χ2n) is 28.8. The number of ether oxygens (including phenoxy) is 6. The smallest absolute Gasteiger partial charge is 0.220 e. The molecule has 0 spiro atoms. The summed E-state index contributed by atoms with van der Waals surface area (Å²) in [7, 11) is 0. The van der Waals surface area contributed by atoms with Gasteiger partial charge in [0.15, 0.2) is 18.9 Å². The Morgan fingerprint density at radius 1 is 0.346 bits per heavy atom. The maximum absolute atomic E-state index is 13.5. The molecule has 1 amide bonds. The van der Waals surface area contributed by atoms with E-state index in [2.05, 4.69) is 153 Å². The number of aliphatic hydroxyl groups excluding tert-OH is 11. The fourth-order valence-electron chi connectivity index (χ4n) is 13.0. The minimum atomic E-state index is -1.99. The molecule has 3 saturated heterocycles. The Morgan fingerprint density at radius 3 is 1.05 bits per heavy atom. The van der Waals surface area contributed by atoms with Gasteiger partial charge in [-0.2, -0.15) is 0 Å². The molecule has 3 aliphatic rings. The van der Waals surface area contributed by atoms with Crippen LogP contribution in [0.15, 0.2) is 146 Å². The molecule has 12 N–H and O–H groups in total. The highest BCUT2D eigenvalue weighted by Gasteiger charge is 2.54. The molecule has 107 heavy (non-hydrogen) atoms. The molecular formula is C88H147NO18. The van der Waals surface area contributed by atoms with Gasteiger partial charge in [-0.15, -0.1) is 0 Å². The predicted molar refractivity (Wildman–Crippen MR) is 429 cm³/mol. The Balaban J connectivity index is 1.40. The fourth-order valence-corrected chi connectivity index (χ4v) is 13.0. The summed E-state index contributed by atoms with van der Waals surface area (Å²) in [5.74, 6) is -0.313. The van der Waals surface area contributed by atoms with E-state index in [-0.39, 0.29) is 18.9 Å². The van der Waals surface area contributed by atoms with Gasteiger partial charge in [0.05, 0.1) is 38.6 Å². The summed E-state index contributed by atoms with van der Waals surface area (Å²) in [6.07, 6.45) is 69.7. The van der Waals surface area contributed by atoms with E-state index < -0.39 is 124 Å². The number of unbranched alkanes of at least 4 members (excludes halogenated alkanes) is 26. The molecule has 0 aromatic rings. The van der Waals surface area contributed by atoms with E-state index in [1.165, 1.54) is 122 Å². The van der Waals surface area contributed by atoms with E-state index in [1.54, 1.807) is 6.08 Å². The van der Waals surface area contributed by atoms with Gasteiger partial charge >= 0.3 is 0 Å². The van der Waals surface area contributed by atoms with Crippen LogP contribution in [0.5, 0.6) is 0 Å². The molecular weight excluding hydrogens is 1360 g/mol. The summed E-state index contributed by atoms with van der Waals surface area (Å²) in [6.45, 7) is 1.59. The van der Waals surface area contributed by atoms with Crippen LogP contribution in [0, 0.1) is 0 Å². The van der Waals surface area contributed by atoms with Crippen LogP contribution in [0.2, 0.25) is 0 Å². The molecule has 0 radical (unpaired) electrons. The van der Waals surface area contributed by atoms with Gasteiger partial charge in [-0.25, -0.2) is 0 Å². The minimum absolute atomic E-state index is 0.199. The SMILES string of the molecule is CC/C=C\C/C=C\C/C=C\C/C=C\C/C=C\C/C=C\C/C=C\C/C=C\C/C=C\CCCCCCCC(=O)NC(COC1OC(CO)C(OC2OC(CO)C(OC3OC(CO)C(O)C(O)C3O)C(O)C2O)C(O)C1O)C(O)/C=C/CC/C=C/CC/C=C/CCCCCCCCCCCCCCCCCCCCC. The molecule has 0 aliphatic carbocycles. The van der Waals surface area contributed by atoms with E-state index >= 15 is 0 Å². The van der Waals surface area contributed by atoms with Gasteiger partial charge in [0.2, 0.25) is 5.91 Å². The first kappa shape index (κ1) is 96.9. The molecule has 3 fully saturated rings. The largest absolute Gasteiger partial charge is 0.394 e. The van der Waals surface area contributed by atoms with Crippen LogP contribution in [-0.4, -0.2) is 193 Å². The lowest BCUT2D eigenvalue weighted by atomic mass is 9.96. The second kappa shape index (κ2) is 66.3. The number of amides is 1. The van der Waals surface area contributed by atoms with Gasteiger partial charge in [-0.05, 0) is 116 Å². The van der Waals surface area contributed by atoms with Gasteiger partial charge in [0.25, 0.3) is 0 Å². The minimum Gasteiger partial charge on any atom is -0.394 e. The zero-order valence-electron chi connectivity index (χ0n) is 65.6. The van der Waals surface area contributed by atoms with Crippen molar-refractivity contribution in [1.29, 1.82) is 0 Å². The van der Waals surface area contributed by atoms with Gasteiger partial charge in [0, 0.05) is 6.42 Å². The van der Waals surface area contributed by atoms with E-state index in [0.29, 0.717) is 12.8 Å². The summed E-state index contributed by atoms with van der Waals surface area (Å²) in [6, 6.07) is -1.02. The number of carbonyl (C=O) groups is 1. The van der Waals surface area contributed by atoms with Crippen molar-refractivity contribution in [2.24, 2.45) is 0 Å². The number of hydrogen-bond acceptors (Lipinski definition) is 18. The van der Waals surface area contributed by atoms with Crippen molar-refractivity contribution in [1.82, 2.24) is 5.32 Å². The van der Waals surface area contributed by atoms with Crippen LogP contribution < -0.4 is 5.32 Å². The first-order valence-electron chi connectivity index (χ1n) is 41.6. The normalized spacial score (nSPS) is 26.3. The number of rotatable bonds is 64. The fraction of sp³-hybridized carbons (Fsp3) is 0.716. The third-order valence-corrected chi connectivity index (χ3v) is 19.6. The maximum Gasteiger partial charge on any atom is 0.220 e. The molecule has 0 bridgehead atoms. The molecule has 19 heteroatoms. The third-order valence-electron chi connectivity index (χ3n) is 19.6. The van der Waals surface area contributed by atoms with Crippen molar-refractivity contribution in [3.05, 3.63) is 146 Å². The molecule has 17 unspecified atom stereocenters. The average molecular weight is 1510 g/mol. The van der Waals surface area contributed by atoms with E-state index in [4.69, 9.17) is 28.4 Å². The Bertz CT molecular complexity index is 2500. The lowest BCUT2D eigenvalue weighted by molar-refractivity contribution is -0.379. The molecule has 3 aliphatic heterocycles. The summed E-state index contributed by atoms with van der Waals surface area (Å²) >= 11 is 0. The number of allylic oxidation sites excluding steroid dienone is 23. The molecule has 19 nitrogen and oxygen atoms in total. The Morgan fingerprint density at radius 2 is 0.654 bits per heavy atom. The van der Waals surface area contributed by atoms with Crippen LogP contribution in [0.1, 0.15) is 271 Å². The highest BCUT2D eigenvalue weighted by Crippen LogP contribution is 2.33. The number of nitrogens with one attached hydrogen (secondary N) is 1. The van der Waals surface area contributed by atoms with Crippen molar-refractivity contribution < 1.29 is 89.4 Å². The van der Waals surface area contributed by atoms with Gasteiger partial charge in [0.1, 0.15) is 73.2 Å². The van der Waals surface area contributed by atoms with Gasteiger partial charge < -0.3 is 89.9 Å². The summed E-state index contributed by atoms with van der Waals surface area (Å²) in [4.78, 5) is 13.5. The number of carbonyl (C=O) groups excluding carboxylic acids is 1. The highest BCUT2D eigenvalue weighted by molar-refractivity contribution is 5.76. The predicted octanol–water partition coefficient (Wildman–Crippen LogP) is 14.6. The van der Waals surface area contributed by atoms with E-state index in [0.717, 1.165) is 116 Å². The summed E-state index contributed by atoms with van der Waals surface area (Å²) in [5.41, 5.74) is 0. The molecule has 17 atom stereocenters. The monoisotopic (exact) mass is 1510 g/mol. The van der Waals surface area contributed by atoms with Crippen molar-refractivity contribution in [2.45, 2.75) is 375 Å². The van der Waals surface area contributed by atoms with E-state index in [1.807, 2.05) is 6.08 Å².